The molecule has 5 heteroatoms. The van der Waals surface area contributed by atoms with Crippen LogP contribution in [0.2, 0.25) is 0 Å². The van der Waals surface area contributed by atoms with E-state index in [4.69, 9.17) is 0 Å². The van der Waals surface area contributed by atoms with Crippen LogP contribution in [-0.2, 0) is 7.84 Å². The van der Waals surface area contributed by atoms with Crippen molar-refractivity contribution in [1.29, 1.82) is 0 Å². The van der Waals surface area contributed by atoms with E-state index in [0.717, 1.165) is 0 Å². The molecule has 2 aromatic rings. The van der Waals surface area contributed by atoms with Crippen LogP contribution >= 0.6 is 53.2 Å². The van der Waals surface area contributed by atoms with Crippen LogP contribution in [0, 0.1) is 0 Å². The molecule has 2 rings (SSSR count). The van der Waals surface area contributed by atoms with Crippen molar-refractivity contribution in [2.45, 2.75) is 0 Å². The van der Waals surface area contributed by atoms with Crippen LogP contribution in [0.1, 0.15) is 0 Å². The van der Waals surface area contributed by atoms with Crippen LogP contribution in [0.5, 0.6) is 0 Å². The Balaban J connectivity index is 0.000000196. The second-order valence-corrected chi connectivity index (χ2v) is 79.3. The first-order valence-corrected chi connectivity index (χ1v) is 29.6. The summed E-state index contributed by atoms with van der Waals surface area (Å²) >= 11 is 13.3. The summed E-state index contributed by atoms with van der Waals surface area (Å²) in [4.78, 5) is 0. The first-order chi connectivity index (χ1) is 7.00. The zero-order chi connectivity index (χ0) is 11.6. The fourth-order valence-corrected chi connectivity index (χ4v) is 0.642. The van der Waals surface area contributed by atoms with Gasteiger partial charge in [-0.25, -0.2) is 24.3 Å². The Morgan fingerprint density at radius 1 is 0.600 bits per heavy atom. The SMILES string of the molecule is [Br][W]([Br])([Br])[Br].c1cc[cH-]c1.c1cc[cH-]c1. The minimum Gasteiger partial charge on any atom is -0.214 e. The molecular weight excluding hydrogens is 624 g/mol. The minimum atomic E-state index is -1.92. The summed E-state index contributed by atoms with van der Waals surface area (Å²) in [6.45, 7) is 0. The molecule has 0 fully saturated rings. The fourth-order valence-electron chi connectivity index (χ4n) is 0.642. The normalized spacial score (nSPS) is 10.4. The topological polar surface area (TPSA) is 0 Å². The van der Waals surface area contributed by atoms with Crippen LogP contribution in [0.4, 0.5) is 0 Å². The van der Waals surface area contributed by atoms with Gasteiger partial charge in [0.1, 0.15) is 0 Å². The molecule has 0 bridgehead atoms. The van der Waals surface area contributed by atoms with Crippen LogP contribution in [0.3, 0.4) is 0 Å². The van der Waals surface area contributed by atoms with Gasteiger partial charge < -0.3 is 0 Å². The van der Waals surface area contributed by atoms with Crippen molar-refractivity contribution in [3.05, 3.63) is 60.7 Å². The van der Waals surface area contributed by atoms with Crippen molar-refractivity contribution in [2.75, 3.05) is 0 Å². The Labute approximate surface area is 120 Å². The van der Waals surface area contributed by atoms with Gasteiger partial charge in [-0.05, 0) is 0 Å². The largest absolute Gasteiger partial charge is 0.214 e. The average molecular weight is 634 g/mol. The molecule has 0 radical (unpaired) electrons. The zero-order valence-corrected chi connectivity index (χ0v) is 17.0. The monoisotopic (exact) mass is 630 g/mol. The second kappa shape index (κ2) is 10.5. The van der Waals surface area contributed by atoms with Crippen molar-refractivity contribution in [3.8, 4) is 0 Å². The fraction of sp³-hybridized carbons (Fsp3) is 0. The minimum absolute atomic E-state index is 1.92. The zero-order valence-electron chi connectivity index (χ0n) is 7.69. The summed E-state index contributed by atoms with van der Waals surface area (Å²) in [5.74, 6) is 0. The van der Waals surface area contributed by atoms with Gasteiger partial charge in [0.05, 0.1) is 0 Å². The van der Waals surface area contributed by atoms with Gasteiger partial charge in [-0.15, -0.1) is 0 Å². The van der Waals surface area contributed by atoms with E-state index in [9.17, 15) is 0 Å². The summed E-state index contributed by atoms with van der Waals surface area (Å²) in [7, 11) is -1.92. The van der Waals surface area contributed by atoms with Gasteiger partial charge in [0.15, 0.2) is 0 Å². The summed E-state index contributed by atoms with van der Waals surface area (Å²) in [6.07, 6.45) is 0. The average Bonchev–Trinajstić information content (AvgIpc) is 2.81. The Bertz CT molecular complexity index is 217. The van der Waals surface area contributed by atoms with Crippen molar-refractivity contribution in [3.63, 3.8) is 0 Å². The molecule has 0 amide bonds. The molecule has 0 heterocycles. The predicted octanol–water partition coefficient (Wildman–Crippen LogP) is 6.19. The van der Waals surface area contributed by atoms with Gasteiger partial charge in [-0.2, -0.15) is 36.4 Å². The third-order valence-corrected chi connectivity index (χ3v) is 1.11. The van der Waals surface area contributed by atoms with E-state index >= 15 is 0 Å². The molecule has 0 saturated heterocycles. The molecular formula is C10H10Br4W-2. The van der Waals surface area contributed by atoms with Gasteiger partial charge in [0.2, 0.25) is 0 Å². The number of rotatable bonds is 0. The first-order valence-electron chi connectivity index (χ1n) is 3.95. The molecule has 0 saturated carbocycles. The maximum absolute atomic E-state index is 3.33. The van der Waals surface area contributed by atoms with Crippen molar-refractivity contribution in [1.82, 2.24) is 0 Å². The molecule has 0 N–H and O–H groups in total. The molecule has 15 heavy (non-hydrogen) atoms. The van der Waals surface area contributed by atoms with Gasteiger partial charge in [-0.1, -0.05) is 0 Å². The van der Waals surface area contributed by atoms with E-state index in [1.54, 1.807) is 0 Å². The van der Waals surface area contributed by atoms with Gasteiger partial charge in [0.25, 0.3) is 0 Å². The molecule has 0 spiro atoms. The Hall–Kier alpha value is 1.31. The molecule has 0 aliphatic heterocycles. The summed E-state index contributed by atoms with van der Waals surface area (Å²) < 4.78 is 0. The summed E-state index contributed by atoms with van der Waals surface area (Å²) in [5.41, 5.74) is 0. The maximum atomic E-state index is 3.33. The quantitative estimate of drug-likeness (QED) is 0.304. The predicted molar refractivity (Wildman–Crippen MR) is 79.8 cm³/mol. The van der Waals surface area contributed by atoms with Crippen molar-refractivity contribution >= 4 is 53.2 Å². The van der Waals surface area contributed by atoms with E-state index in [2.05, 4.69) is 53.2 Å². The smallest absolute Gasteiger partial charge is 0.172 e. The second-order valence-electron chi connectivity index (χ2n) is 2.27. The van der Waals surface area contributed by atoms with Gasteiger partial charge in [-0.3, -0.25) is 0 Å². The van der Waals surface area contributed by atoms with Gasteiger partial charge in [0, 0.05) is 0 Å². The van der Waals surface area contributed by atoms with Crippen LogP contribution in [0.25, 0.3) is 0 Å². The Morgan fingerprint density at radius 2 is 0.800 bits per heavy atom. The molecule has 2 aromatic carbocycles. The van der Waals surface area contributed by atoms with E-state index in [1.807, 2.05) is 60.7 Å². The van der Waals surface area contributed by atoms with Crippen molar-refractivity contribution < 1.29 is 7.84 Å². The van der Waals surface area contributed by atoms with Crippen LogP contribution in [0.15, 0.2) is 60.7 Å². The number of hydrogen-bond acceptors (Lipinski definition) is 0. The van der Waals surface area contributed by atoms with E-state index in [-0.39, 0.29) is 0 Å². The molecule has 0 nitrogen and oxygen atoms in total. The molecule has 0 unspecified atom stereocenters. The molecule has 0 aromatic heterocycles. The number of halogens is 4. The standard InChI is InChI=1S/2C5H5.4BrH.W/c2*1-2-4-5-3-1;;;;;/h2*1-5H;4*1H;/q2*-1;;;;;+4/p-4. The number of hydrogen-bond donors (Lipinski definition) is 0. The molecule has 0 aliphatic carbocycles. The third kappa shape index (κ3) is 21.2. The van der Waals surface area contributed by atoms with Gasteiger partial charge >= 0.3 is 61.0 Å². The van der Waals surface area contributed by atoms with Crippen LogP contribution < -0.4 is 0 Å². The molecule has 0 aliphatic rings. The maximum Gasteiger partial charge on any atom is -0.172 e. The van der Waals surface area contributed by atoms with E-state index < -0.39 is 7.84 Å². The summed E-state index contributed by atoms with van der Waals surface area (Å²) in [6, 6.07) is 20.0. The Kier molecular flexibility index (Phi) is 11.4. The molecule has 0 atom stereocenters. The summed E-state index contributed by atoms with van der Waals surface area (Å²) in [5, 5.41) is 0. The first kappa shape index (κ1) is 16.3. The van der Waals surface area contributed by atoms with E-state index in [0.29, 0.717) is 0 Å². The third-order valence-electron chi connectivity index (χ3n) is 1.11. The van der Waals surface area contributed by atoms with Crippen molar-refractivity contribution in [2.24, 2.45) is 0 Å². The Morgan fingerprint density at radius 3 is 0.867 bits per heavy atom. The molecule has 86 valence electrons. The van der Waals surface area contributed by atoms with Crippen LogP contribution in [-0.4, -0.2) is 0 Å². The van der Waals surface area contributed by atoms with E-state index in [1.165, 1.54) is 0 Å².